The topological polar surface area (TPSA) is 100 Å². The first-order chi connectivity index (χ1) is 19.2. The highest BCUT2D eigenvalue weighted by atomic mass is 32.1. The van der Waals surface area contributed by atoms with Crippen LogP contribution in [0.15, 0.2) is 71.1 Å². The van der Waals surface area contributed by atoms with Gasteiger partial charge in [0.15, 0.2) is 17.2 Å². The Morgan fingerprint density at radius 1 is 1.02 bits per heavy atom. The fraction of sp³-hybridized carbons (Fsp3) is 0.200. The maximum absolute atomic E-state index is 15.0. The van der Waals surface area contributed by atoms with E-state index < -0.39 is 11.9 Å². The van der Waals surface area contributed by atoms with Crippen molar-refractivity contribution in [2.45, 2.75) is 39.8 Å². The van der Waals surface area contributed by atoms with E-state index in [0.717, 1.165) is 21.7 Å². The van der Waals surface area contributed by atoms with Crippen LogP contribution in [-0.2, 0) is 0 Å². The van der Waals surface area contributed by atoms with Crippen molar-refractivity contribution in [3.05, 3.63) is 93.7 Å². The molecular weight excluding hydrogens is 527 g/mol. The number of nitrogen functional groups attached to an aromatic ring is 1. The highest BCUT2D eigenvalue weighted by molar-refractivity contribution is 7.15. The zero-order valence-corrected chi connectivity index (χ0v) is 23.2. The van der Waals surface area contributed by atoms with E-state index in [9.17, 15) is 4.79 Å². The molecule has 4 heterocycles. The third-order valence-corrected chi connectivity index (χ3v) is 7.87. The summed E-state index contributed by atoms with van der Waals surface area (Å²) < 4.78 is 24.0. The lowest BCUT2D eigenvalue weighted by Crippen LogP contribution is -2.21. The van der Waals surface area contributed by atoms with Gasteiger partial charge in [-0.15, -0.1) is 11.3 Å². The molecule has 0 amide bonds. The molecule has 202 valence electrons. The van der Waals surface area contributed by atoms with Gasteiger partial charge in [-0.05, 0) is 63.1 Å². The molecule has 8 nitrogen and oxygen atoms in total. The summed E-state index contributed by atoms with van der Waals surface area (Å²) in [6.45, 7) is 7.57. The highest BCUT2D eigenvalue weighted by Crippen LogP contribution is 2.37. The van der Waals surface area contributed by atoms with E-state index in [-0.39, 0.29) is 23.2 Å². The van der Waals surface area contributed by atoms with Gasteiger partial charge in [0.05, 0.1) is 23.1 Å². The zero-order valence-electron chi connectivity index (χ0n) is 22.4. The maximum atomic E-state index is 15.0. The Balaban J connectivity index is 1.58. The second-order valence-electron chi connectivity index (χ2n) is 9.94. The second kappa shape index (κ2) is 9.87. The van der Waals surface area contributed by atoms with E-state index in [2.05, 4.69) is 9.97 Å². The van der Waals surface area contributed by atoms with Crippen LogP contribution in [0.4, 0.5) is 10.2 Å². The Labute approximate surface area is 233 Å². The van der Waals surface area contributed by atoms with Crippen molar-refractivity contribution in [3.63, 3.8) is 0 Å². The average Bonchev–Trinajstić information content (AvgIpc) is 3.51. The van der Waals surface area contributed by atoms with E-state index >= 15 is 4.39 Å². The van der Waals surface area contributed by atoms with Gasteiger partial charge < -0.3 is 10.5 Å². The summed E-state index contributed by atoms with van der Waals surface area (Å²) in [5.74, 6) is -0.114. The van der Waals surface area contributed by atoms with Crippen LogP contribution in [0.2, 0.25) is 0 Å². The summed E-state index contributed by atoms with van der Waals surface area (Å²) in [6, 6.07) is 15.9. The molecule has 2 N–H and O–H groups in total. The third-order valence-electron chi connectivity index (χ3n) is 6.87. The van der Waals surface area contributed by atoms with Crippen LogP contribution < -0.4 is 16.0 Å². The van der Waals surface area contributed by atoms with Gasteiger partial charge in [-0.3, -0.25) is 9.20 Å². The lowest BCUT2D eigenvalue weighted by atomic mass is 9.97. The number of hydrogen-bond acceptors (Lipinski definition) is 7. The van der Waals surface area contributed by atoms with Crippen molar-refractivity contribution in [3.8, 4) is 28.1 Å². The number of nitrogens with zero attached hydrogens (tertiary/aromatic N) is 5. The number of anilines is 1. The predicted molar refractivity (Wildman–Crippen MR) is 156 cm³/mol. The number of rotatable bonds is 6. The van der Waals surface area contributed by atoms with Gasteiger partial charge in [-0.25, -0.2) is 19.0 Å². The van der Waals surface area contributed by atoms with Gasteiger partial charge >= 0.3 is 0 Å². The first-order valence-electron chi connectivity index (χ1n) is 12.9. The smallest absolute Gasteiger partial charge is 0.264 e. The van der Waals surface area contributed by atoms with Crippen LogP contribution in [0, 0.1) is 12.7 Å². The Hall–Kier alpha value is -4.57. The lowest BCUT2D eigenvalue weighted by molar-refractivity contribution is 0.231. The van der Waals surface area contributed by atoms with Crippen molar-refractivity contribution in [1.82, 2.24) is 24.1 Å². The van der Waals surface area contributed by atoms with Gasteiger partial charge in [0.1, 0.15) is 22.7 Å². The van der Waals surface area contributed by atoms with Gasteiger partial charge in [-0.1, -0.05) is 30.3 Å². The van der Waals surface area contributed by atoms with Crippen LogP contribution in [0.5, 0.6) is 5.75 Å². The van der Waals surface area contributed by atoms with E-state index in [1.165, 1.54) is 23.7 Å². The summed E-state index contributed by atoms with van der Waals surface area (Å²) >= 11 is 1.51. The Kier molecular flexibility index (Phi) is 6.34. The number of halogens is 1. The monoisotopic (exact) mass is 554 g/mol. The largest absolute Gasteiger partial charge is 0.488 e. The number of benzene rings is 2. The van der Waals surface area contributed by atoms with Crippen LogP contribution in [0.25, 0.3) is 38.2 Å². The summed E-state index contributed by atoms with van der Waals surface area (Å²) in [5, 5.41) is 7.38. The molecule has 6 rings (SSSR count). The number of hydrogen-bond donors (Lipinski definition) is 1. The fourth-order valence-electron chi connectivity index (χ4n) is 5.05. The van der Waals surface area contributed by atoms with Crippen molar-refractivity contribution in [1.29, 1.82) is 0 Å². The minimum atomic E-state index is -0.504. The third kappa shape index (κ3) is 4.21. The van der Waals surface area contributed by atoms with E-state index in [1.807, 2.05) is 69.5 Å². The van der Waals surface area contributed by atoms with Gasteiger partial charge in [-0.2, -0.15) is 5.10 Å². The van der Waals surface area contributed by atoms with Crippen LogP contribution in [0.1, 0.15) is 38.1 Å². The number of aromatic nitrogens is 5. The Morgan fingerprint density at radius 2 is 1.80 bits per heavy atom. The van der Waals surface area contributed by atoms with Crippen molar-refractivity contribution in [2.75, 3.05) is 5.73 Å². The number of fused-ring (bicyclic) bond motifs is 2. The van der Waals surface area contributed by atoms with Crippen molar-refractivity contribution in [2.24, 2.45) is 0 Å². The van der Waals surface area contributed by atoms with Gasteiger partial charge in [0.25, 0.3) is 5.56 Å². The molecule has 0 spiro atoms. The minimum absolute atomic E-state index is 0.0991. The number of aryl methyl sites for hydroxylation is 1. The number of thiazole rings is 1. The molecule has 0 aliphatic rings. The van der Waals surface area contributed by atoms with E-state index in [0.29, 0.717) is 27.9 Å². The van der Waals surface area contributed by atoms with Crippen LogP contribution >= 0.6 is 11.3 Å². The highest BCUT2D eigenvalue weighted by Gasteiger charge is 2.26. The molecule has 0 saturated heterocycles. The number of ether oxygens (including phenoxy) is 1. The SMILES string of the molecule is Cc1csc2cc(C(C)n3nc(-c4ccc(OC(C)C)c(F)c4)c4c(N)ncnc43)c(-c3ccccc3)c(=O)n12. The summed E-state index contributed by atoms with van der Waals surface area (Å²) in [7, 11) is 0. The molecule has 0 aliphatic heterocycles. The minimum Gasteiger partial charge on any atom is -0.488 e. The molecule has 10 heteroatoms. The van der Waals surface area contributed by atoms with Crippen molar-refractivity contribution >= 4 is 33.0 Å². The van der Waals surface area contributed by atoms with Crippen molar-refractivity contribution < 1.29 is 9.13 Å². The number of nitrogens with two attached hydrogens (primary N) is 1. The molecule has 0 aliphatic carbocycles. The molecule has 0 radical (unpaired) electrons. The molecule has 1 unspecified atom stereocenters. The molecular formula is C30H27FN6O2S. The number of pyridine rings is 1. The Morgan fingerprint density at radius 3 is 2.52 bits per heavy atom. The second-order valence-corrected chi connectivity index (χ2v) is 10.8. The summed E-state index contributed by atoms with van der Waals surface area (Å²) in [6.07, 6.45) is 1.21. The Bertz CT molecular complexity index is 1940. The molecule has 40 heavy (non-hydrogen) atoms. The molecule has 2 aromatic carbocycles. The van der Waals surface area contributed by atoms with Crippen LogP contribution in [-0.4, -0.2) is 30.3 Å². The normalized spacial score (nSPS) is 12.4. The molecule has 0 bridgehead atoms. The molecule has 0 saturated carbocycles. The quantitative estimate of drug-likeness (QED) is 0.261. The van der Waals surface area contributed by atoms with Crippen LogP contribution in [0.3, 0.4) is 0 Å². The molecule has 0 fully saturated rings. The maximum Gasteiger partial charge on any atom is 0.264 e. The summed E-state index contributed by atoms with van der Waals surface area (Å²) in [4.78, 5) is 23.4. The van der Waals surface area contributed by atoms with E-state index in [1.54, 1.807) is 21.2 Å². The zero-order chi connectivity index (χ0) is 28.1. The fourth-order valence-corrected chi connectivity index (χ4v) is 5.97. The predicted octanol–water partition coefficient (Wildman–Crippen LogP) is 6.26. The van der Waals surface area contributed by atoms with Gasteiger partial charge in [0, 0.05) is 16.6 Å². The molecule has 1 atom stereocenters. The first kappa shape index (κ1) is 25.7. The van der Waals surface area contributed by atoms with E-state index in [4.69, 9.17) is 15.6 Å². The van der Waals surface area contributed by atoms with Gasteiger partial charge in [0.2, 0.25) is 0 Å². The average molecular weight is 555 g/mol. The molecule has 4 aromatic heterocycles. The molecule has 6 aromatic rings. The standard InChI is InChI=1S/C30H27FN6O2S/c1-16(2)39-23-11-10-20(12-22(23)31)27-26-28(32)33-15-34-29(26)37(35-27)18(4)21-13-24-36(17(3)14-40-24)30(38)25(21)19-8-6-5-7-9-19/h5-16,18H,1-4H3,(H2,32,33,34). The first-order valence-corrected chi connectivity index (χ1v) is 13.8. The lowest BCUT2D eigenvalue weighted by Gasteiger charge is -2.18. The summed E-state index contributed by atoms with van der Waals surface area (Å²) in [5.41, 5.74) is 10.7.